The topological polar surface area (TPSA) is 95.5 Å². The van der Waals surface area contributed by atoms with Gasteiger partial charge in [-0.3, -0.25) is 0 Å². The standard InChI is InChI=1S/C17H20ClFN2O4S/c1-9-3-2-4-13(9)20-17(23)21-14-6-5-12(18)16(15(14)22)26(24,25)11-7-10(19)8-11/h3,5-6,10-11,13,22H,2,4,7-8H2,1H3,(H2,20,21,23)/t10-,11-,13-/m1/s1. The fourth-order valence-electron chi connectivity index (χ4n) is 3.19. The zero-order valence-electron chi connectivity index (χ0n) is 14.1. The van der Waals surface area contributed by atoms with Gasteiger partial charge in [-0.15, -0.1) is 0 Å². The number of allylic oxidation sites excluding steroid dienone is 1. The molecule has 0 aromatic heterocycles. The molecule has 0 saturated heterocycles. The van der Waals surface area contributed by atoms with Gasteiger partial charge in [-0.1, -0.05) is 23.3 Å². The molecule has 1 saturated carbocycles. The fraction of sp³-hybridized carbons (Fsp3) is 0.471. The molecule has 9 heteroatoms. The van der Waals surface area contributed by atoms with E-state index in [9.17, 15) is 22.7 Å². The Morgan fingerprint density at radius 1 is 1.35 bits per heavy atom. The molecular formula is C17H20ClFN2O4S. The minimum atomic E-state index is -3.99. The average molecular weight is 403 g/mol. The van der Waals surface area contributed by atoms with Crippen molar-refractivity contribution in [3.63, 3.8) is 0 Å². The molecule has 0 unspecified atom stereocenters. The van der Waals surface area contributed by atoms with E-state index in [2.05, 4.69) is 10.6 Å². The van der Waals surface area contributed by atoms with Gasteiger partial charge in [-0.25, -0.2) is 17.6 Å². The van der Waals surface area contributed by atoms with Gasteiger partial charge in [0.05, 0.1) is 22.0 Å². The maximum Gasteiger partial charge on any atom is 0.319 e. The summed E-state index contributed by atoms with van der Waals surface area (Å²) < 4.78 is 38.3. The predicted octanol–water partition coefficient (Wildman–Crippen LogP) is 3.55. The molecule has 1 atom stereocenters. The van der Waals surface area contributed by atoms with Crippen molar-refractivity contribution in [3.05, 3.63) is 28.8 Å². The number of anilines is 1. The number of rotatable bonds is 4. The lowest BCUT2D eigenvalue weighted by atomic mass is 9.97. The molecular weight excluding hydrogens is 383 g/mol. The zero-order chi connectivity index (χ0) is 19.1. The zero-order valence-corrected chi connectivity index (χ0v) is 15.7. The summed E-state index contributed by atoms with van der Waals surface area (Å²) in [6, 6.07) is 1.96. The van der Waals surface area contributed by atoms with Crippen LogP contribution in [0.3, 0.4) is 0 Å². The molecule has 6 nitrogen and oxygen atoms in total. The molecule has 1 fully saturated rings. The summed E-state index contributed by atoms with van der Waals surface area (Å²) in [5, 5.41) is 14.5. The first-order chi connectivity index (χ1) is 12.2. The molecule has 2 aliphatic rings. The van der Waals surface area contributed by atoms with Crippen LogP contribution in [-0.2, 0) is 9.84 Å². The van der Waals surface area contributed by atoms with Crippen LogP contribution in [0.4, 0.5) is 14.9 Å². The van der Waals surface area contributed by atoms with Crippen LogP contribution >= 0.6 is 11.6 Å². The monoisotopic (exact) mass is 402 g/mol. The van der Waals surface area contributed by atoms with E-state index < -0.39 is 37.9 Å². The first-order valence-electron chi connectivity index (χ1n) is 8.33. The van der Waals surface area contributed by atoms with Gasteiger partial charge in [-0.2, -0.15) is 0 Å². The summed E-state index contributed by atoms with van der Waals surface area (Å²) in [6.07, 6.45) is 2.30. The molecule has 26 heavy (non-hydrogen) atoms. The van der Waals surface area contributed by atoms with E-state index in [1.807, 2.05) is 13.0 Å². The summed E-state index contributed by atoms with van der Waals surface area (Å²) in [5.41, 5.74) is 0.982. The van der Waals surface area contributed by atoms with Crippen LogP contribution in [0.2, 0.25) is 5.02 Å². The lowest BCUT2D eigenvalue weighted by molar-refractivity contribution is 0.213. The van der Waals surface area contributed by atoms with E-state index in [1.165, 1.54) is 12.1 Å². The second-order valence-electron chi connectivity index (χ2n) is 6.68. The smallest absolute Gasteiger partial charge is 0.319 e. The highest BCUT2D eigenvalue weighted by Gasteiger charge is 2.42. The summed E-state index contributed by atoms with van der Waals surface area (Å²) in [4.78, 5) is 11.7. The molecule has 3 N–H and O–H groups in total. The van der Waals surface area contributed by atoms with Gasteiger partial charge in [0.25, 0.3) is 0 Å². The van der Waals surface area contributed by atoms with E-state index in [4.69, 9.17) is 11.6 Å². The molecule has 2 amide bonds. The molecule has 1 aromatic carbocycles. The molecule has 0 aliphatic heterocycles. The highest BCUT2D eigenvalue weighted by atomic mass is 35.5. The number of sulfone groups is 1. The quantitative estimate of drug-likeness (QED) is 0.530. The SMILES string of the molecule is CC1=CCC[C@H]1NC(=O)Nc1ccc(Cl)c(S(=O)(=O)[C@H]2C[C@H](F)C2)c1O. The molecule has 142 valence electrons. The highest BCUT2D eigenvalue weighted by Crippen LogP contribution is 2.43. The number of phenols is 1. The minimum Gasteiger partial charge on any atom is -0.504 e. The van der Waals surface area contributed by atoms with Crippen molar-refractivity contribution in [2.24, 2.45) is 0 Å². The summed E-state index contributed by atoms with van der Waals surface area (Å²) in [5.74, 6) is -0.631. The third-order valence-corrected chi connectivity index (χ3v) is 7.54. The number of carbonyl (C=O) groups excluding carboxylic acids is 1. The maximum atomic E-state index is 13.1. The summed E-state index contributed by atoms with van der Waals surface area (Å²) in [6.45, 7) is 1.92. The van der Waals surface area contributed by atoms with Crippen LogP contribution in [0, 0.1) is 0 Å². The average Bonchev–Trinajstić information content (AvgIpc) is 2.92. The number of amides is 2. The molecule has 0 radical (unpaired) electrons. The molecule has 0 bridgehead atoms. The Balaban J connectivity index is 1.81. The van der Waals surface area contributed by atoms with Crippen molar-refractivity contribution in [2.45, 2.75) is 55.0 Å². The molecule has 3 rings (SSSR count). The third-order valence-electron chi connectivity index (χ3n) is 4.87. The van der Waals surface area contributed by atoms with Gasteiger partial charge in [0.1, 0.15) is 11.1 Å². The number of alkyl halides is 1. The van der Waals surface area contributed by atoms with Gasteiger partial charge in [0, 0.05) is 0 Å². The fourth-order valence-corrected chi connectivity index (χ4v) is 5.64. The van der Waals surface area contributed by atoms with Crippen LogP contribution in [0.15, 0.2) is 28.7 Å². The van der Waals surface area contributed by atoms with E-state index in [-0.39, 0.29) is 29.6 Å². The Morgan fingerprint density at radius 2 is 2.04 bits per heavy atom. The number of carbonyl (C=O) groups is 1. The van der Waals surface area contributed by atoms with Crippen molar-refractivity contribution < 1.29 is 22.7 Å². The summed E-state index contributed by atoms with van der Waals surface area (Å²) >= 11 is 5.97. The Bertz CT molecular complexity index is 866. The molecule has 1 aromatic rings. The predicted molar refractivity (Wildman–Crippen MR) is 97.2 cm³/mol. The van der Waals surface area contributed by atoms with E-state index >= 15 is 0 Å². The number of hydrogen-bond donors (Lipinski definition) is 3. The number of aromatic hydroxyl groups is 1. The molecule has 2 aliphatic carbocycles. The number of phenolic OH excluding ortho intramolecular Hbond substituents is 1. The van der Waals surface area contributed by atoms with E-state index in [0.717, 1.165) is 18.4 Å². The van der Waals surface area contributed by atoms with Crippen molar-refractivity contribution in [1.82, 2.24) is 5.32 Å². The number of hydrogen-bond acceptors (Lipinski definition) is 4. The first kappa shape index (κ1) is 19.0. The van der Waals surface area contributed by atoms with Crippen LogP contribution in [0.1, 0.15) is 32.6 Å². The Kier molecular flexibility index (Phi) is 5.16. The van der Waals surface area contributed by atoms with Crippen LogP contribution in [-0.4, -0.2) is 37.0 Å². The second kappa shape index (κ2) is 7.08. The number of nitrogens with one attached hydrogen (secondary N) is 2. The number of halogens is 2. The maximum absolute atomic E-state index is 13.1. The van der Waals surface area contributed by atoms with Crippen LogP contribution in [0.25, 0.3) is 0 Å². The third kappa shape index (κ3) is 3.53. The largest absolute Gasteiger partial charge is 0.504 e. The normalized spacial score (nSPS) is 25.3. The number of urea groups is 1. The Morgan fingerprint density at radius 3 is 2.62 bits per heavy atom. The van der Waals surface area contributed by atoms with Crippen molar-refractivity contribution in [1.29, 1.82) is 0 Å². The Hall–Kier alpha value is -1.80. The van der Waals surface area contributed by atoms with Gasteiger partial charge in [-0.05, 0) is 44.7 Å². The van der Waals surface area contributed by atoms with Gasteiger partial charge < -0.3 is 15.7 Å². The van der Waals surface area contributed by atoms with Crippen LogP contribution < -0.4 is 10.6 Å². The summed E-state index contributed by atoms with van der Waals surface area (Å²) in [7, 11) is -3.99. The lowest BCUT2D eigenvalue weighted by Crippen LogP contribution is -2.38. The first-order valence-corrected chi connectivity index (χ1v) is 10.3. The molecule has 0 heterocycles. The lowest BCUT2D eigenvalue weighted by Gasteiger charge is -2.29. The Labute approximate surface area is 156 Å². The van der Waals surface area contributed by atoms with Gasteiger partial charge in [0.2, 0.25) is 0 Å². The van der Waals surface area contributed by atoms with Crippen molar-refractivity contribution >= 4 is 33.2 Å². The van der Waals surface area contributed by atoms with Gasteiger partial charge >= 0.3 is 6.03 Å². The van der Waals surface area contributed by atoms with Crippen LogP contribution in [0.5, 0.6) is 5.75 Å². The van der Waals surface area contributed by atoms with E-state index in [1.54, 1.807) is 0 Å². The minimum absolute atomic E-state index is 0.0683. The highest BCUT2D eigenvalue weighted by molar-refractivity contribution is 7.92. The van der Waals surface area contributed by atoms with Gasteiger partial charge in [0.15, 0.2) is 15.6 Å². The second-order valence-corrected chi connectivity index (χ2v) is 9.26. The van der Waals surface area contributed by atoms with Crippen molar-refractivity contribution in [2.75, 3.05) is 5.32 Å². The van der Waals surface area contributed by atoms with Crippen molar-refractivity contribution in [3.8, 4) is 5.75 Å². The number of benzene rings is 1. The molecule has 0 spiro atoms. The van der Waals surface area contributed by atoms with E-state index in [0.29, 0.717) is 0 Å².